The van der Waals surface area contributed by atoms with E-state index in [0.29, 0.717) is 32.7 Å². The van der Waals surface area contributed by atoms with Crippen molar-refractivity contribution in [3.63, 3.8) is 0 Å². The molecule has 0 saturated carbocycles. The van der Waals surface area contributed by atoms with Crippen LogP contribution >= 0.6 is 0 Å². The minimum absolute atomic E-state index is 0.0575. The number of carbonyl (C=O) groups is 2. The Morgan fingerprint density at radius 2 is 2.15 bits per heavy atom. The van der Waals surface area contributed by atoms with Crippen molar-refractivity contribution in [2.24, 2.45) is 5.92 Å². The first-order valence-corrected chi connectivity index (χ1v) is 9.73. The highest BCUT2D eigenvalue weighted by Gasteiger charge is 2.33. The third-order valence-corrected chi connectivity index (χ3v) is 5.11. The summed E-state index contributed by atoms with van der Waals surface area (Å²) in [6, 6.07) is 7.79. The Morgan fingerprint density at radius 1 is 1.33 bits per heavy atom. The molecule has 0 radical (unpaired) electrons. The van der Waals surface area contributed by atoms with Crippen LogP contribution in [0.25, 0.3) is 0 Å². The van der Waals surface area contributed by atoms with E-state index in [1.807, 2.05) is 31.2 Å². The summed E-state index contributed by atoms with van der Waals surface area (Å²) in [7, 11) is 0. The SMILES string of the molecule is CCN1C[C@H](C(=O)NCc2cccc(OCCN3CCOCC3)c2)CC1=O. The molecule has 0 spiro atoms. The number of benzene rings is 1. The summed E-state index contributed by atoms with van der Waals surface area (Å²) >= 11 is 0. The van der Waals surface area contributed by atoms with Crippen molar-refractivity contribution in [3.05, 3.63) is 29.8 Å². The van der Waals surface area contributed by atoms with Gasteiger partial charge in [0.2, 0.25) is 11.8 Å². The Morgan fingerprint density at radius 3 is 2.89 bits per heavy atom. The first-order chi connectivity index (χ1) is 13.2. The van der Waals surface area contributed by atoms with Crippen LogP contribution in [0.1, 0.15) is 18.9 Å². The summed E-state index contributed by atoms with van der Waals surface area (Å²) in [4.78, 5) is 28.2. The zero-order valence-corrected chi connectivity index (χ0v) is 16.0. The van der Waals surface area contributed by atoms with Crippen LogP contribution in [0.15, 0.2) is 24.3 Å². The first-order valence-electron chi connectivity index (χ1n) is 9.73. The Labute approximate surface area is 160 Å². The average Bonchev–Trinajstić information content (AvgIpc) is 3.08. The van der Waals surface area contributed by atoms with E-state index in [0.717, 1.165) is 44.2 Å². The summed E-state index contributed by atoms with van der Waals surface area (Å²) in [5.74, 6) is 0.569. The van der Waals surface area contributed by atoms with Crippen molar-refractivity contribution >= 4 is 11.8 Å². The topological polar surface area (TPSA) is 71.1 Å². The van der Waals surface area contributed by atoms with Gasteiger partial charge in [0.25, 0.3) is 0 Å². The van der Waals surface area contributed by atoms with Crippen LogP contribution in [-0.4, -0.2) is 74.2 Å². The molecular weight excluding hydrogens is 346 g/mol. The monoisotopic (exact) mass is 375 g/mol. The molecule has 3 rings (SSSR count). The quantitative estimate of drug-likeness (QED) is 0.731. The lowest BCUT2D eigenvalue weighted by molar-refractivity contribution is -0.128. The Balaban J connectivity index is 1.42. The van der Waals surface area contributed by atoms with E-state index < -0.39 is 0 Å². The number of likely N-dealkylation sites (tertiary alicyclic amines) is 1. The van der Waals surface area contributed by atoms with E-state index in [1.54, 1.807) is 4.90 Å². The molecule has 7 heteroatoms. The minimum Gasteiger partial charge on any atom is -0.492 e. The van der Waals surface area contributed by atoms with Crippen LogP contribution < -0.4 is 10.1 Å². The fraction of sp³-hybridized carbons (Fsp3) is 0.600. The van der Waals surface area contributed by atoms with Gasteiger partial charge in [0.05, 0.1) is 19.1 Å². The number of amides is 2. The Kier molecular flexibility index (Phi) is 7.06. The van der Waals surface area contributed by atoms with E-state index in [-0.39, 0.29) is 17.7 Å². The number of hydrogen-bond acceptors (Lipinski definition) is 5. The predicted molar refractivity (Wildman–Crippen MR) is 101 cm³/mol. The maximum Gasteiger partial charge on any atom is 0.225 e. The number of rotatable bonds is 8. The molecule has 1 aromatic carbocycles. The molecule has 2 amide bonds. The highest BCUT2D eigenvalue weighted by Crippen LogP contribution is 2.18. The standard InChI is InChI=1S/C20H29N3O4/c1-2-23-15-17(13-19(23)24)20(25)21-14-16-4-3-5-18(12-16)27-11-8-22-6-9-26-10-7-22/h3-5,12,17H,2,6-11,13-15H2,1H3,(H,21,25)/t17-/m1/s1. The summed E-state index contributed by atoms with van der Waals surface area (Å²) in [5, 5.41) is 2.95. The fourth-order valence-corrected chi connectivity index (χ4v) is 3.45. The zero-order valence-electron chi connectivity index (χ0n) is 16.0. The number of carbonyl (C=O) groups excluding carboxylic acids is 2. The first kappa shape index (κ1) is 19.6. The third kappa shape index (κ3) is 5.68. The number of nitrogens with one attached hydrogen (secondary N) is 1. The highest BCUT2D eigenvalue weighted by atomic mass is 16.5. The van der Waals surface area contributed by atoms with Gasteiger partial charge in [-0.2, -0.15) is 0 Å². The van der Waals surface area contributed by atoms with Crippen LogP contribution in [0.4, 0.5) is 0 Å². The Hall–Kier alpha value is -2.12. The molecule has 7 nitrogen and oxygen atoms in total. The summed E-state index contributed by atoms with van der Waals surface area (Å²) < 4.78 is 11.2. The molecule has 1 atom stereocenters. The number of nitrogens with zero attached hydrogens (tertiary/aromatic N) is 2. The summed E-state index contributed by atoms with van der Waals surface area (Å²) in [5.41, 5.74) is 0.990. The van der Waals surface area contributed by atoms with Crippen molar-refractivity contribution in [2.75, 3.05) is 52.5 Å². The normalized spacial score (nSPS) is 20.7. The Bertz CT molecular complexity index is 646. The van der Waals surface area contributed by atoms with Gasteiger partial charge in [0.1, 0.15) is 12.4 Å². The van der Waals surface area contributed by atoms with E-state index in [2.05, 4.69) is 10.2 Å². The molecule has 148 valence electrons. The third-order valence-electron chi connectivity index (χ3n) is 5.11. The van der Waals surface area contributed by atoms with Gasteiger partial charge in [-0.05, 0) is 24.6 Å². The highest BCUT2D eigenvalue weighted by molar-refractivity contribution is 5.89. The van der Waals surface area contributed by atoms with Crippen LogP contribution in [0, 0.1) is 5.92 Å². The molecular formula is C20H29N3O4. The summed E-state index contributed by atoms with van der Waals surface area (Å²) in [6.07, 6.45) is 0.310. The lowest BCUT2D eigenvalue weighted by Gasteiger charge is -2.26. The molecule has 2 fully saturated rings. The second kappa shape index (κ2) is 9.71. The molecule has 0 aliphatic carbocycles. The van der Waals surface area contributed by atoms with E-state index in [9.17, 15) is 9.59 Å². The van der Waals surface area contributed by atoms with Crippen LogP contribution in [-0.2, 0) is 20.9 Å². The van der Waals surface area contributed by atoms with Gasteiger partial charge in [0, 0.05) is 45.7 Å². The molecule has 0 bridgehead atoms. The largest absolute Gasteiger partial charge is 0.492 e. The maximum atomic E-state index is 12.3. The van der Waals surface area contributed by atoms with Crippen molar-refractivity contribution in [1.29, 1.82) is 0 Å². The molecule has 2 heterocycles. The van der Waals surface area contributed by atoms with E-state index >= 15 is 0 Å². The van der Waals surface area contributed by atoms with Gasteiger partial charge in [-0.15, -0.1) is 0 Å². The lowest BCUT2D eigenvalue weighted by Crippen LogP contribution is -2.38. The van der Waals surface area contributed by atoms with Gasteiger partial charge >= 0.3 is 0 Å². The number of hydrogen-bond donors (Lipinski definition) is 1. The van der Waals surface area contributed by atoms with Crippen molar-refractivity contribution in [1.82, 2.24) is 15.1 Å². The van der Waals surface area contributed by atoms with Crippen molar-refractivity contribution < 1.29 is 19.1 Å². The zero-order chi connectivity index (χ0) is 19.1. The number of ether oxygens (including phenoxy) is 2. The second-order valence-electron chi connectivity index (χ2n) is 7.00. The van der Waals surface area contributed by atoms with Gasteiger partial charge < -0.3 is 19.7 Å². The van der Waals surface area contributed by atoms with Gasteiger partial charge in [-0.1, -0.05) is 12.1 Å². The number of morpholine rings is 1. The average molecular weight is 375 g/mol. The summed E-state index contributed by atoms with van der Waals surface area (Å²) in [6.45, 7) is 8.55. The van der Waals surface area contributed by atoms with Gasteiger partial charge in [-0.25, -0.2) is 0 Å². The molecule has 2 saturated heterocycles. The molecule has 27 heavy (non-hydrogen) atoms. The van der Waals surface area contributed by atoms with E-state index in [1.165, 1.54) is 0 Å². The van der Waals surface area contributed by atoms with Crippen molar-refractivity contribution in [2.45, 2.75) is 19.9 Å². The lowest BCUT2D eigenvalue weighted by atomic mass is 10.1. The predicted octanol–water partition coefficient (Wildman–Crippen LogP) is 0.882. The molecule has 2 aliphatic rings. The molecule has 1 aromatic rings. The fourth-order valence-electron chi connectivity index (χ4n) is 3.45. The van der Waals surface area contributed by atoms with Crippen molar-refractivity contribution in [3.8, 4) is 5.75 Å². The van der Waals surface area contributed by atoms with E-state index in [4.69, 9.17) is 9.47 Å². The molecule has 1 N–H and O–H groups in total. The molecule has 0 unspecified atom stereocenters. The smallest absolute Gasteiger partial charge is 0.225 e. The van der Waals surface area contributed by atoms with Crippen LogP contribution in [0.3, 0.4) is 0 Å². The van der Waals surface area contributed by atoms with Gasteiger partial charge in [0.15, 0.2) is 0 Å². The second-order valence-corrected chi connectivity index (χ2v) is 7.00. The maximum absolute atomic E-state index is 12.3. The molecule has 0 aromatic heterocycles. The van der Waals surface area contributed by atoms with Crippen LogP contribution in [0.5, 0.6) is 5.75 Å². The van der Waals surface area contributed by atoms with Crippen LogP contribution in [0.2, 0.25) is 0 Å². The minimum atomic E-state index is -0.245. The van der Waals surface area contributed by atoms with Gasteiger partial charge in [-0.3, -0.25) is 14.5 Å². The molecule has 2 aliphatic heterocycles.